The fourth-order valence-corrected chi connectivity index (χ4v) is 6.34. The lowest BCUT2D eigenvalue weighted by Crippen LogP contribution is -2.40. The molecule has 4 aromatic carbocycles. The summed E-state index contributed by atoms with van der Waals surface area (Å²) in [5, 5.41) is 4.02. The average Bonchev–Trinajstić information content (AvgIpc) is 3.26. The fraction of sp³-hybridized carbons (Fsp3) is 0.156. The molecule has 2 heterocycles. The van der Waals surface area contributed by atoms with Gasteiger partial charge in [0.2, 0.25) is 0 Å². The summed E-state index contributed by atoms with van der Waals surface area (Å²) in [5.41, 5.74) is 2.36. The number of ether oxygens (including phenoxy) is 2. The van der Waals surface area contributed by atoms with E-state index in [1.807, 2.05) is 84.9 Å². The van der Waals surface area contributed by atoms with Crippen molar-refractivity contribution in [3.63, 3.8) is 0 Å². The van der Waals surface area contributed by atoms with Crippen molar-refractivity contribution in [1.29, 1.82) is 0 Å². The summed E-state index contributed by atoms with van der Waals surface area (Å²) in [4.78, 5) is 32.7. The van der Waals surface area contributed by atoms with Crippen molar-refractivity contribution in [2.24, 2.45) is 4.99 Å². The van der Waals surface area contributed by atoms with E-state index in [-0.39, 0.29) is 12.2 Å². The van der Waals surface area contributed by atoms with Crippen LogP contribution in [0, 0.1) is 0 Å². The molecule has 0 saturated heterocycles. The predicted octanol–water partition coefficient (Wildman–Crippen LogP) is 5.11. The number of fused-ring (bicyclic) bond motifs is 3. The van der Waals surface area contributed by atoms with Gasteiger partial charge in [0, 0.05) is 5.56 Å². The van der Waals surface area contributed by atoms with Crippen molar-refractivity contribution < 1.29 is 14.3 Å². The first-order chi connectivity index (χ1) is 19.0. The Balaban J connectivity index is 1.66. The van der Waals surface area contributed by atoms with E-state index in [2.05, 4.69) is 0 Å². The summed E-state index contributed by atoms with van der Waals surface area (Å²) in [6, 6.07) is 25.1. The van der Waals surface area contributed by atoms with Crippen molar-refractivity contribution in [3.05, 3.63) is 121 Å². The van der Waals surface area contributed by atoms with E-state index in [1.54, 1.807) is 25.5 Å². The first kappa shape index (κ1) is 24.8. The molecule has 6 nitrogen and oxygen atoms in total. The third kappa shape index (κ3) is 4.15. The second-order valence-corrected chi connectivity index (χ2v) is 10.3. The lowest BCUT2D eigenvalue weighted by atomic mass is 9.91. The zero-order valence-corrected chi connectivity index (χ0v) is 22.6. The molecule has 0 spiro atoms. The van der Waals surface area contributed by atoms with E-state index in [1.165, 1.54) is 11.3 Å². The standard InChI is InChI=1S/C32H26N2O4S/c1-4-38-31(36)28-19(2)33-32-34(29(28)24-15-9-12-20-10-5-7-13-22(20)24)30(35)27(39-32)18-25-23-14-8-6-11-21(23)16-17-26(25)37-3/h5-18,29H,4H2,1-3H3/t29-/m1/s1. The third-order valence-corrected chi connectivity index (χ3v) is 8.04. The molecule has 0 amide bonds. The van der Waals surface area contributed by atoms with E-state index in [9.17, 15) is 9.59 Å². The van der Waals surface area contributed by atoms with Gasteiger partial charge in [-0.2, -0.15) is 0 Å². The number of rotatable bonds is 5. The van der Waals surface area contributed by atoms with Gasteiger partial charge in [0.15, 0.2) is 4.80 Å². The Labute approximate surface area is 228 Å². The molecule has 0 radical (unpaired) electrons. The van der Waals surface area contributed by atoms with E-state index in [4.69, 9.17) is 14.5 Å². The molecule has 6 rings (SSSR count). The maximum Gasteiger partial charge on any atom is 0.338 e. The molecule has 0 unspecified atom stereocenters. The first-order valence-corrected chi connectivity index (χ1v) is 13.6. The smallest absolute Gasteiger partial charge is 0.338 e. The molecule has 1 atom stereocenters. The van der Waals surface area contributed by atoms with Gasteiger partial charge in [-0.05, 0) is 53.1 Å². The Morgan fingerprint density at radius 2 is 1.67 bits per heavy atom. The Bertz CT molecular complexity index is 1980. The lowest BCUT2D eigenvalue weighted by molar-refractivity contribution is -0.139. The van der Waals surface area contributed by atoms with Crippen LogP contribution in [-0.2, 0) is 9.53 Å². The number of thiazole rings is 1. The molecule has 0 bridgehead atoms. The number of hydrogen-bond donors (Lipinski definition) is 0. The minimum absolute atomic E-state index is 0.221. The lowest BCUT2D eigenvalue weighted by Gasteiger charge is -2.25. The van der Waals surface area contributed by atoms with Crippen LogP contribution in [0.1, 0.15) is 31.0 Å². The highest BCUT2D eigenvalue weighted by molar-refractivity contribution is 7.07. The normalized spacial score (nSPS) is 15.4. The number of esters is 1. The number of allylic oxidation sites excluding steroid dienone is 1. The molecule has 39 heavy (non-hydrogen) atoms. The van der Waals surface area contributed by atoms with Gasteiger partial charge in [-0.15, -0.1) is 0 Å². The van der Waals surface area contributed by atoms with Crippen LogP contribution in [-0.4, -0.2) is 24.3 Å². The van der Waals surface area contributed by atoms with Crippen molar-refractivity contribution in [2.75, 3.05) is 13.7 Å². The van der Waals surface area contributed by atoms with E-state index in [0.717, 1.165) is 32.7 Å². The second-order valence-electron chi connectivity index (χ2n) is 9.27. The molecule has 0 aliphatic carbocycles. The molecule has 7 heteroatoms. The van der Waals surface area contributed by atoms with Crippen molar-refractivity contribution >= 4 is 44.9 Å². The summed E-state index contributed by atoms with van der Waals surface area (Å²) < 4.78 is 13.3. The number of methoxy groups -OCH3 is 1. The summed E-state index contributed by atoms with van der Waals surface area (Å²) in [5.74, 6) is 0.204. The van der Waals surface area contributed by atoms with Crippen LogP contribution in [0.2, 0.25) is 0 Å². The number of benzene rings is 4. The second kappa shape index (κ2) is 10.0. The number of carbonyl (C=O) groups excluding carboxylic acids is 1. The highest BCUT2D eigenvalue weighted by Gasteiger charge is 2.34. The van der Waals surface area contributed by atoms with Gasteiger partial charge in [-0.1, -0.05) is 84.1 Å². The highest BCUT2D eigenvalue weighted by Crippen LogP contribution is 2.35. The van der Waals surface area contributed by atoms with E-state index in [0.29, 0.717) is 26.4 Å². The number of carbonyl (C=O) groups is 1. The van der Waals surface area contributed by atoms with E-state index >= 15 is 0 Å². The van der Waals surface area contributed by atoms with Crippen molar-refractivity contribution in [3.8, 4) is 5.75 Å². The molecule has 5 aromatic rings. The Morgan fingerprint density at radius 1 is 0.974 bits per heavy atom. The Kier molecular flexibility index (Phi) is 6.37. The number of hydrogen-bond acceptors (Lipinski definition) is 6. The Hall–Kier alpha value is -4.49. The van der Waals surface area contributed by atoms with Gasteiger partial charge >= 0.3 is 5.97 Å². The molecular formula is C32H26N2O4S. The maximum absolute atomic E-state index is 14.2. The average molecular weight is 535 g/mol. The van der Waals surface area contributed by atoms with Gasteiger partial charge in [0.25, 0.3) is 5.56 Å². The van der Waals surface area contributed by atoms with Crippen LogP contribution in [0.15, 0.2) is 99.9 Å². The molecule has 194 valence electrons. The summed E-state index contributed by atoms with van der Waals surface area (Å²) in [6.45, 7) is 3.80. The van der Waals surface area contributed by atoms with Gasteiger partial charge in [-0.25, -0.2) is 9.79 Å². The summed E-state index contributed by atoms with van der Waals surface area (Å²) in [7, 11) is 1.62. The molecule has 1 aliphatic heterocycles. The van der Waals surface area contributed by atoms with Crippen LogP contribution in [0.5, 0.6) is 5.75 Å². The molecule has 1 aliphatic rings. The van der Waals surface area contributed by atoms with E-state index < -0.39 is 12.0 Å². The fourth-order valence-electron chi connectivity index (χ4n) is 5.31. The minimum Gasteiger partial charge on any atom is -0.496 e. The molecule has 0 saturated carbocycles. The van der Waals surface area contributed by atoms with Gasteiger partial charge in [0.05, 0.1) is 35.6 Å². The zero-order valence-electron chi connectivity index (χ0n) is 21.8. The van der Waals surface area contributed by atoms with Crippen LogP contribution < -0.4 is 19.6 Å². The monoisotopic (exact) mass is 534 g/mol. The van der Waals surface area contributed by atoms with Crippen molar-refractivity contribution in [2.45, 2.75) is 19.9 Å². The van der Waals surface area contributed by atoms with Crippen LogP contribution in [0.4, 0.5) is 0 Å². The number of aromatic nitrogens is 1. The molecule has 0 N–H and O–H groups in total. The molecular weight excluding hydrogens is 508 g/mol. The zero-order chi connectivity index (χ0) is 27.1. The summed E-state index contributed by atoms with van der Waals surface area (Å²) >= 11 is 1.31. The van der Waals surface area contributed by atoms with Crippen LogP contribution in [0.25, 0.3) is 27.6 Å². The SMILES string of the molecule is CCOC(=O)C1=C(C)N=c2sc(=Cc3c(OC)ccc4ccccc34)c(=O)n2[C@@H]1c1cccc2ccccc12. The maximum atomic E-state index is 14.2. The predicted molar refractivity (Wildman–Crippen MR) is 155 cm³/mol. The van der Waals surface area contributed by atoms with Crippen molar-refractivity contribution in [1.82, 2.24) is 4.57 Å². The topological polar surface area (TPSA) is 69.9 Å². The first-order valence-electron chi connectivity index (χ1n) is 12.7. The van der Waals surface area contributed by atoms with Gasteiger partial charge in [-0.3, -0.25) is 9.36 Å². The summed E-state index contributed by atoms with van der Waals surface area (Å²) in [6.07, 6.45) is 1.87. The Morgan fingerprint density at radius 3 is 2.41 bits per heavy atom. The van der Waals surface area contributed by atoms with Gasteiger partial charge < -0.3 is 9.47 Å². The van der Waals surface area contributed by atoms with Crippen LogP contribution in [0.3, 0.4) is 0 Å². The quantitative estimate of drug-likeness (QED) is 0.294. The molecule has 0 fully saturated rings. The number of nitrogens with zero attached hydrogens (tertiary/aromatic N) is 2. The highest BCUT2D eigenvalue weighted by atomic mass is 32.1. The minimum atomic E-state index is -0.678. The largest absolute Gasteiger partial charge is 0.496 e. The third-order valence-electron chi connectivity index (χ3n) is 7.06. The molecule has 1 aromatic heterocycles. The van der Waals surface area contributed by atoms with Crippen LogP contribution >= 0.6 is 11.3 Å². The van der Waals surface area contributed by atoms with Gasteiger partial charge in [0.1, 0.15) is 5.75 Å².